The molecule has 1 heterocycles. The second-order valence-corrected chi connectivity index (χ2v) is 26.0. The number of anilines is 3. The van der Waals surface area contributed by atoms with Crippen molar-refractivity contribution >= 4 is 71.2 Å². The summed E-state index contributed by atoms with van der Waals surface area (Å²) in [5.74, 6) is 0. The van der Waals surface area contributed by atoms with Gasteiger partial charge in [0.1, 0.15) is 0 Å². The monoisotopic (exact) mass is 1000 g/mol. The molecule has 382 valence electrons. The number of nitrogens with zero attached hydrogens (tertiary/aromatic N) is 2. The molecule has 0 unspecified atom stereocenters. The lowest BCUT2D eigenvalue weighted by atomic mass is 9.83. The van der Waals surface area contributed by atoms with Crippen LogP contribution in [0.15, 0.2) is 200 Å². The van der Waals surface area contributed by atoms with Crippen molar-refractivity contribution in [3.8, 4) is 39.1 Å². The summed E-state index contributed by atoms with van der Waals surface area (Å²) < 4.78 is 2.54. The highest BCUT2D eigenvalue weighted by atomic mass is 15.1. The Kier molecular flexibility index (Phi) is 11.7. The summed E-state index contributed by atoms with van der Waals surface area (Å²) in [5, 5.41) is 10.1. The van der Waals surface area contributed by atoms with Gasteiger partial charge in [0.15, 0.2) is 0 Å². The van der Waals surface area contributed by atoms with E-state index < -0.39 is 0 Å². The van der Waals surface area contributed by atoms with Crippen molar-refractivity contribution in [1.29, 1.82) is 0 Å². The number of hydrogen-bond acceptors (Lipinski definition) is 1. The molecular weight excluding hydrogens is 929 g/mol. The van der Waals surface area contributed by atoms with Crippen molar-refractivity contribution in [3.63, 3.8) is 0 Å². The van der Waals surface area contributed by atoms with Gasteiger partial charge in [0.2, 0.25) is 0 Å². The van der Waals surface area contributed by atoms with Crippen LogP contribution in [0.3, 0.4) is 0 Å². The van der Waals surface area contributed by atoms with Crippen LogP contribution in [-0.2, 0) is 21.7 Å². The molecule has 11 aromatic carbocycles. The molecule has 0 amide bonds. The highest BCUT2D eigenvalue weighted by Gasteiger charge is 2.27. The minimum atomic E-state index is -0.146. The lowest BCUT2D eigenvalue weighted by molar-refractivity contribution is 0.590. The largest absolute Gasteiger partial charge is 0.310 e. The average molecular weight is 1000 g/mol. The van der Waals surface area contributed by atoms with Gasteiger partial charge in [-0.1, -0.05) is 228 Å². The molecule has 0 spiro atoms. The van der Waals surface area contributed by atoms with Crippen LogP contribution in [0.5, 0.6) is 0 Å². The van der Waals surface area contributed by atoms with Gasteiger partial charge >= 0.3 is 0 Å². The first-order valence-corrected chi connectivity index (χ1v) is 27.7. The summed E-state index contributed by atoms with van der Waals surface area (Å²) in [4.78, 5) is 2.58. The van der Waals surface area contributed by atoms with Gasteiger partial charge in [-0.3, -0.25) is 0 Å². The van der Waals surface area contributed by atoms with Crippen LogP contribution in [0.2, 0.25) is 0 Å². The van der Waals surface area contributed by atoms with Crippen molar-refractivity contribution < 1.29 is 0 Å². The number of hydrogen-bond donors (Lipinski definition) is 0. The molecule has 0 saturated heterocycles. The molecule has 0 saturated carbocycles. The summed E-state index contributed by atoms with van der Waals surface area (Å²) in [6, 6.07) is 76.7. The van der Waals surface area contributed by atoms with Gasteiger partial charge in [-0.25, -0.2) is 0 Å². The standard InChI is InChI=1S/C75H72N2/c1-47-20-19-23-51(38-47)52-39-56(74(8,9)10)43-58(41-52)76(59-42-53(40-57(44-59)75(11,12)13)61-25-18-17-24-60(61)48-21-15-14-16-22-48)66-34-28-49-27-33-63-67(35-29-50-26-32-62(66)70(49)71(50)63)77-68-36-30-54(72(2,3)4)45-64(68)65-46-55(73(5,6)7)31-37-69(65)77/h14-46H,1-13H3. The van der Waals surface area contributed by atoms with E-state index >= 15 is 0 Å². The van der Waals surface area contributed by atoms with Crippen LogP contribution >= 0.6 is 0 Å². The first-order valence-electron chi connectivity index (χ1n) is 27.7. The second kappa shape index (κ2) is 18.1. The van der Waals surface area contributed by atoms with E-state index in [2.05, 4.69) is 300 Å². The Morgan fingerprint density at radius 2 is 0.805 bits per heavy atom. The van der Waals surface area contributed by atoms with E-state index in [1.54, 1.807) is 0 Å². The van der Waals surface area contributed by atoms with E-state index in [0.29, 0.717) is 0 Å². The predicted octanol–water partition coefficient (Wildman–Crippen LogP) is 21.7. The SMILES string of the molecule is Cc1cccc(-c2cc(N(c3cc(-c4ccccc4-c4ccccc4)cc(C(C)(C)C)c3)c3ccc4ccc5c(-n6c7ccc(C(C)(C)C)cc7c7cc(C(C)(C)C)ccc76)ccc6ccc3c4c65)cc(C(C)(C)C)c2)c1. The summed E-state index contributed by atoms with van der Waals surface area (Å²) in [6.07, 6.45) is 0. The lowest BCUT2D eigenvalue weighted by Crippen LogP contribution is -2.17. The summed E-state index contributed by atoms with van der Waals surface area (Å²) in [5.41, 5.74) is 20.6. The highest BCUT2D eigenvalue weighted by Crippen LogP contribution is 2.49. The summed E-state index contributed by atoms with van der Waals surface area (Å²) in [7, 11) is 0. The van der Waals surface area contributed by atoms with Crippen LogP contribution in [0.25, 0.3) is 93.2 Å². The minimum Gasteiger partial charge on any atom is -0.310 e. The van der Waals surface area contributed by atoms with Crippen LogP contribution in [-0.4, -0.2) is 4.57 Å². The molecule has 0 aliphatic carbocycles. The number of aryl methyl sites for hydroxylation is 1. The minimum absolute atomic E-state index is 0.0152. The Morgan fingerprint density at radius 1 is 0.325 bits per heavy atom. The van der Waals surface area contributed by atoms with Crippen molar-refractivity contribution in [1.82, 2.24) is 4.57 Å². The number of rotatable bonds is 7. The molecule has 1 aromatic heterocycles. The highest BCUT2D eigenvalue weighted by molar-refractivity contribution is 6.27. The van der Waals surface area contributed by atoms with Crippen molar-refractivity contribution in [2.24, 2.45) is 0 Å². The van der Waals surface area contributed by atoms with Gasteiger partial charge in [0.25, 0.3) is 0 Å². The van der Waals surface area contributed by atoms with Gasteiger partial charge < -0.3 is 9.47 Å². The molecule has 0 bridgehead atoms. The molecule has 0 aliphatic rings. The zero-order valence-electron chi connectivity index (χ0n) is 47.4. The molecule has 0 radical (unpaired) electrons. The molecule has 0 fully saturated rings. The van der Waals surface area contributed by atoms with Crippen molar-refractivity contribution in [2.45, 2.75) is 112 Å². The predicted molar refractivity (Wildman–Crippen MR) is 335 cm³/mol. The number of aromatic nitrogens is 1. The van der Waals surface area contributed by atoms with E-state index in [1.807, 2.05) is 0 Å². The Balaban J connectivity index is 1.16. The van der Waals surface area contributed by atoms with Crippen LogP contribution < -0.4 is 4.90 Å². The maximum Gasteiger partial charge on any atom is 0.0541 e. The third-order valence-electron chi connectivity index (χ3n) is 16.4. The molecule has 12 aromatic rings. The smallest absolute Gasteiger partial charge is 0.0541 e. The fourth-order valence-corrected chi connectivity index (χ4v) is 11.9. The Bertz CT molecular complexity index is 4180. The van der Waals surface area contributed by atoms with Gasteiger partial charge in [0, 0.05) is 32.9 Å². The third-order valence-corrected chi connectivity index (χ3v) is 16.4. The number of fused-ring (bicyclic) bond motifs is 3. The Morgan fingerprint density at radius 3 is 1.38 bits per heavy atom. The average Bonchev–Trinajstić information content (AvgIpc) is 3.95. The fourth-order valence-electron chi connectivity index (χ4n) is 11.9. The van der Waals surface area contributed by atoms with Crippen LogP contribution in [0.4, 0.5) is 17.1 Å². The van der Waals surface area contributed by atoms with Crippen LogP contribution in [0, 0.1) is 6.92 Å². The zero-order chi connectivity index (χ0) is 53.9. The fraction of sp³-hybridized carbons (Fsp3) is 0.227. The Labute approximate surface area is 457 Å². The van der Waals surface area contributed by atoms with E-state index in [1.165, 1.54) is 121 Å². The maximum atomic E-state index is 2.58. The van der Waals surface area contributed by atoms with Gasteiger partial charge in [-0.15, -0.1) is 0 Å². The molecule has 0 aliphatic heterocycles. The second-order valence-electron chi connectivity index (χ2n) is 26.0. The summed E-state index contributed by atoms with van der Waals surface area (Å²) in [6.45, 7) is 30.2. The van der Waals surface area contributed by atoms with E-state index in [4.69, 9.17) is 0 Å². The van der Waals surface area contributed by atoms with Gasteiger partial charge in [-0.2, -0.15) is 0 Å². The molecule has 2 nitrogen and oxygen atoms in total. The van der Waals surface area contributed by atoms with Crippen molar-refractivity contribution in [3.05, 3.63) is 228 Å². The topological polar surface area (TPSA) is 8.17 Å². The van der Waals surface area contributed by atoms with E-state index in [0.717, 1.165) is 17.1 Å². The maximum absolute atomic E-state index is 2.58. The third kappa shape index (κ3) is 8.86. The molecular formula is C75H72N2. The Hall–Kier alpha value is -7.94. The lowest BCUT2D eigenvalue weighted by Gasteiger charge is -2.32. The molecule has 0 atom stereocenters. The van der Waals surface area contributed by atoms with E-state index in [9.17, 15) is 0 Å². The van der Waals surface area contributed by atoms with E-state index in [-0.39, 0.29) is 21.7 Å². The molecule has 12 rings (SSSR count). The van der Waals surface area contributed by atoms with Gasteiger partial charge in [0.05, 0.1) is 22.4 Å². The number of benzene rings is 11. The zero-order valence-corrected chi connectivity index (χ0v) is 47.4. The molecule has 2 heteroatoms. The quantitative estimate of drug-likeness (QED) is 0.144. The molecule has 0 N–H and O–H groups in total. The summed E-state index contributed by atoms with van der Waals surface area (Å²) >= 11 is 0. The first-order chi connectivity index (χ1) is 36.6. The molecule has 77 heavy (non-hydrogen) atoms. The normalized spacial score (nSPS) is 12.7. The van der Waals surface area contributed by atoms with Crippen molar-refractivity contribution in [2.75, 3.05) is 4.90 Å². The van der Waals surface area contributed by atoms with Crippen LogP contribution in [0.1, 0.15) is 111 Å². The van der Waals surface area contributed by atoms with Gasteiger partial charge in [-0.05, 0) is 166 Å². The first kappa shape index (κ1) is 49.9.